The van der Waals surface area contributed by atoms with Crippen molar-refractivity contribution in [1.82, 2.24) is 15.5 Å². The summed E-state index contributed by atoms with van der Waals surface area (Å²) in [6.45, 7) is 11.0. The van der Waals surface area contributed by atoms with Crippen molar-refractivity contribution in [3.05, 3.63) is 59.2 Å². The maximum absolute atomic E-state index is 13.4. The summed E-state index contributed by atoms with van der Waals surface area (Å²) in [6, 6.07) is 14.9. The smallest absolute Gasteiger partial charge is 0.229 e. The molecular weight excluding hydrogens is 488 g/mol. The van der Waals surface area contributed by atoms with Gasteiger partial charge < -0.3 is 20.3 Å². The van der Waals surface area contributed by atoms with E-state index in [-0.39, 0.29) is 23.8 Å². The van der Waals surface area contributed by atoms with Gasteiger partial charge in [0.05, 0.1) is 6.10 Å². The topological polar surface area (TPSA) is 73.9 Å². The monoisotopic (exact) mass is 534 g/mol. The summed E-state index contributed by atoms with van der Waals surface area (Å²) < 4.78 is 6.28. The Hall–Kier alpha value is -2.90. The zero-order valence-corrected chi connectivity index (χ0v) is 24.2. The molecule has 2 N–H and O–H groups in total. The number of hydrogen-bond donors (Lipinski definition) is 2. The number of anilines is 1. The van der Waals surface area contributed by atoms with Crippen LogP contribution in [0.4, 0.5) is 5.69 Å². The summed E-state index contributed by atoms with van der Waals surface area (Å²) in [6.07, 6.45) is 4.90. The maximum Gasteiger partial charge on any atom is 0.229 e. The molecule has 7 nitrogen and oxygen atoms in total. The number of amides is 2. The van der Waals surface area contributed by atoms with E-state index in [9.17, 15) is 9.59 Å². The van der Waals surface area contributed by atoms with Gasteiger partial charge in [-0.05, 0) is 86.9 Å². The van der Waals surface area contributed by atoms with Gasteiger partial charge in [-0.15, -0.1) is 0 Å². The Morgan fingerprint density at radius 3 is 2.64 bits per heavy atom. The fourth-order valence-electron chi connectivity index (χ4n) is 5.73. The lowest BCUT2D eigenvalue weighted by molar-refractivity contribution is -0.123. The summed E-state index contributed by atoms with van der Waals surface area (Å²) in [5.74, 6) is 1.13. The van der Waals surface area contributed by atoms with Crippen LogP contribution < -0.4 is 20.3 Å². The summed E-state index contributed by atoms with van der Waals surface area (Å²) in [7, 11) is 1.90. The first-order valence-corrected chi connectivity index (χ1v) is 14.7. The quantitative estimate of drug-likeness (QED) is 0.458. The van der Waals surface area contributed by atoms with E-state index < -0.39 is 0 Å². The molecule has 2 amide bonds. The van der Waals surface area contributed by atoms with E-state index >= 15 is 0 Å². The molecule has 1 aliphatic heterocycles. The van der Waals surface area contributed by atoms with Crippen molar-refractivity contribution in [3.63, 3.8) is 0 Å². The van der Waals surface area contributed by atoms with Gasteiger partial charge in [0.2, 0.25) is 11.8 Å². The number of carbonyl (C=O) groups excluding carboxylic acids is 2. The highest BCUT2D eigenvalue weighted by molar-refractivity contribution is 5.94. The van der Waals surface area contributed by atoms with Crippen LogP contribution in [-0.2, 0) is 22.7 Å². The zero-order valence-electron chi connectivity index (χ0n) is 24.2. The van der Waals surface area contributed by atoms with Crippen LogP contribution in [0.3, 0.4) is 0 Å². The number of carbonyl (C=O) groups is 2. The van der Waals surface area contributed by atoms with E-state index in [2.05, 4.69) is 47.6 Å². The molecule has 7 heteroatoms. The van der Waals surface area contributed by atoms with Crippen molar-refractivity contribution in [2.24, 2.45) is 5.92 Å². The third-order valence-corrected chi connectivity index (χ3v) is 8.08. The van der Waals surface area contributed by atoms with Crippen LogP contribution in [0.25, 0.3) is 0 Å². The SMILES string of the molecule is CCCC(=O)NCc1cccc(OC2CCC(C(=O)N(C)c3ccc(CN4CCN[C@@H](C)C4)c(C)c3)CC2)c1. The van der Waals surface area contributed by atoms with Gasteiger partial charge in [-0.3, -0.25) is 14.5 Å². The molecule has 1 aliphatic carbocycles. The fraction of sp³-hybridized carbons (Fsp3) is 0.562. The lowest BCUT2D eigenvalue weighted by atomic mass is 9.86. The second-order valence-electron chi connectivity index (χ2n) is 11.4. The van der Waals surface area contributed by atoms with Crippen LogP contribution in [0.5, 0.6) is 5.75 Å². The average molecular weight is 535 g/mol. The van der Waals surface area contributed by atoms with Crippen LogP contribution in [0.2, 0.25) is 0 Å². The predicted molar refractivity (Wildman–Crippen MR) is 157 cm³/mol. The Kier molecular flexibility index (Phi) is 10.4. The van der Waals surface area contributed by atoms with Crippen molar-refractivity contribution in [2.45, 2.75) is 84.5 Å². The summed E-state index contributed by atoms with van der Waals surface area (Å²) in [5, 5.41) is 6.46. The van der Waals surface area contributed by atoms with E-state index in [4.69, 9.17) is 4.74 Å². The second kappa shape index (κ2) is 13.9. The highest BCUT2D eigenvalue weighted by Crippen LogP contribution is 2.31. The van der Waals surface area contributed by atoms with Crippen LogP contribution >= 0.6 is 0 Å². The number of nitrogens with zero attached hydrogens (tertiary/aromatic N) is 2. The van der Waals surface area contributed by atoms with Gasteiger partial charge >= 0.3 is 0 Å². The van der Waals surface area contributed by atoms with Crippen molar-refractivity contribution in [3.8, 4) is 5.75 Å². The van der Waals surface area contributed by atoms with Crippen LogP contribution in [0.1, 0.15) is 69.1 Å². The number of piperazine rings is 1. The summed E-state index contributed by atoms with van der Waals surface area (Å²) >= 11 is 0. The Balaban J connectivity index is 1.26. The number of nitrogens with one attached hydrogen (secondary N) is 2. The number of aryl methyl sites for hydroxylation is 1. The first kappa shape index (κ1) is 29.1. The third kappa shape index (κ3) is 8.29. The van der Waals surface area contributed by atoms with Gasteiger partial charge in [-0.2, -0.15) is 0 Å². The molecule has 212 valence electrons. The Morgan fingerprint density at radius 1 is 1.13 bits per heavy atom. The lowest BCUT2D eigenvalue weighted by Gasteiger charge is -2.32. The minimum absolute atomic E-state index is 0.0253. The molecule has 0 aromatic heterocycles. The lowest BCUT2D eigenvalue weighted by Crippen LogP contribution is -2.48. The third-order valence-electron chi connectivity index (χ3n) is 8.08. The van der Waals surface area contributed by atoms with E-state index in [0.29, 0.717) is 19.0 Å². The van der Waals surface area contributed by atoms with E-state index in [1.807, 2.05) is 43.1 Å². The molecule has 2 aliphatic rings. The normalized spacial score (nSPS) is 21.8. The van der Waals surface area contributed by atoms with E-state index in [1.165, 1.54) is 11.1 Å². The second-order valence-corrected chi connectivity index (χ2v) is 11.4. The summed E-state index contributed by atoms with van der Waals surface area (Å²) in [4.78, 5) is 29.5. The first-order chi connectivity index (χ1) is 18.8. The highest BCUT2D eigenvalue weighted by atomic mass is 16.5. The summed E-state index contributed by atoms with van der Waals surface area (Å²) in [5.41, 5.74) is 4.57. The number of hydrogen-bond acceptors (Lipinski definition) is 5. The van der Waals surface area contributed by atoms with Crippen molar-refractivity contribution in [2.75, 3.05) is 31.6 Å². The van der Waals surface area contributed by atoms with Gasteiger partial charge in [0.25, 0.3) is 0 Å². The Labute approximate surface area is 234 Å². The largest absolute Gasteiger partial charge is 0.490 e. The molecule has 0 unspecified atom stereocenters. The molecular formula is C32H46N4O3. The molecule has 1 saturated heterocycles. The Morgan fingerprint density at radius 2 is 1.92 bits per heavy atom. The van der Waals surface area contributed by atoms with E-state index in [1.54, 1.807) is 0 Å². The molecule has 4 rings (SSSR count). The molecule has 0 bridgehead atoms. The Bertz CT molecular complexity index is 1110. The molecule has 2 fully saturated rings. The van der Waals surface area contributed by atoms with E-state index in [0.717, 1.165) is 75.3 Å². The fourth-order valence-corrected chi connectivity index (χ4v) is 5.73. The van der Waals surface area contributed by atoms with Crippen LogP contribution in [0.15, 0.2) is 42.5 Å². The molecule has 2 aromatic rings. The predicted octanol–water partition coefficient (Wildman–Crippen LogP) is 4.81. The molecule has 1 saturated carbocycles. The number of ether oxygens (including phenoxy) is 1. The van der Waals surface area contributed by atoms with Gasteiger partial charge in [0, 0.05) is 63.8 Å². The van der Waals surface area contributed by atoms with Crippen molar-refractivity contribution < 1.29 is 14.3 Å². The zero-order chi connectivity index (χ0) is 27.8. The minimum atomic E-state index is 0.0253. The standard InChI is InChI=1S/C32H46N4O3/c1-5-7-31(37)34-20-25-8-6-9-30(19-25)39-29-14-11-26(12-15-29)32(38)35(4)28-13-10-27(23(2)18-28)22-36-17-16-33-24(3)21-36/h6,8-10,13,18-19,24,26,29,33H,5,7,11-12,14-17,20-22H2,1-4H3,(H,34,37)/t24-,26?,29?/m0/s1. The molecule has 0 spiro atoms. The number of benzene rings is 2. The van der Waals surface area contributed by atoms with Crippen LogP contribution in [0, 0.1) is 12.8 Å². The van der Waals surface area contributed by atoms with Gasteiger partial charge in [-0.1, -0.05) is 25.1 Å². The highest BCUT2D eigenvalue weighted by Gasteiger charge is 2.30. The van der Waals surface area contributed by atoms with Gasteiger partial charge in [0.1, 0.15) is 5.75 Å². The molecule has 0 radical (unpaired) electrons. The van der Waals surface area contributed by atoms with Gasteiger partial charge in [0.15, 0.2) is 0 Å². The van der Waals surface area contributed by atoms with Crippen molar-refractivity contribution >= 4 is 17.5 Å². The minimum Gasteiger partial charge on any atom is -0.490 e. The van der Waals surface area contributed by atoms with Crippen molar-refractivity contribution in [1.29, 1.82) is 0 Å². The molecule has 1 heterocycles. The molecule has 1 atom stereocenters. The van der Waals surface area contributed by atoms with Crippen LogP contribution in [-0.4, -0.2) is 55.5 Å². The average Bonchev–Trinajstić information content (AvgIpc) is 2.93. The molecule has 2 aromatic carbocycles. The number of rotatable bonds is 10. The first-order valence-electron chi connectivity index (χ1n) is 14.7. The molecule has 39 heavy (non-hydrogen) atoms. The maximum atomic E-state index is 13.4. The van der Waals surface area contributed by atoms with Gasteiger partial charge in [-0.25, -0.2) is 0 Å².